The van der Waals surface area contributed by atoms with E-state index in [-0.39, 0.29) is 0 Å². The van der Waals surface area contributed by atoms with Crippen LogP contribution in [-0.4, -0.2) is 48.1 Å². The Balaban J connectivity index is 1.67. The summed E-state index contributed by atoms with van der Waals surface area (Å²) in [6.07, 6.45) is 4.21. The molecule has 0 aliphatic carbocycles. The standard InChI is InChI=1S/C14H20FN3O/c15-14(5-9-18(12-19)10-6-14)11-16-8-4-13-3-1-2-7-17-13/h1-3,7,12,16H,4-6,8-11H2. The normalized spacial score (nSPS) is 18.3. The van der Waals surface area contributed by atoms with Crippen molar-refractivity contribution in [3.8, 4) is 0 Å². The number of pyridine rings is 1. The summed E-state index contributed by atoms with van der Waals surface area (Å²) in [6, 6.07) is 5.80. The largest absolute Gasteiger partial charge is 0.345 e. The first kappa shape index (κ1) is 13.9. The Hall–Kier alpha value is -1.49. The van der Waals surface area contributed by atoms with Gasteiger partial charge in [0.15, 0.2) is 0 Å². The number of halogens is 1. The van der Waals surface area contributed by atoms with Gasteiger partial charge in [0, 0.05) is 57.3 Å². The fourth-order valence-electron chi connectivity index (χ4n) is 2.28. The molecule has 19 heavy (non-hydrogen) atoms. The molecule has 0 unspecified atom stereocenters. The second-order valence-electron chi connectivity index (χ2n) is 5.04. The Bertz CT molecular complexity index is 391. The minimum Gasteiger partial charge on any atom is -0.345 e. The number of likely N-dealkylation sites (tertiary alicyclic amines) is 1. The Morgan fingerprint density at radius 1 is 1.42 bits per heavy atom. The molecule has 2 rings (SSSR count). The van der Waals surface area contributed by atoms with Crippen LogP contribution in [0.5, 0.6) is 0 Å². The summed E-state index contributed by atoms with van der Waals surface area (Å²) in [7, 11) is 0. The van der Waals surface area contributed by atoms with Crippen molar-refractivity contribution in [2.24, 2.45) is 0 Å². The average molecular weight is 265 g/mol. The third kappa shape index (κ3) is 4.28. The zero-order valence-electron chi connectivity index (χ0n) is 11.0. The third-order valence-electron chi connectivity index (χ3n) is 3.57. The monoisotopic (exact) mass is 265 g/mol. The summed E-state index contributed by atoms with van der Waals surface area (Å²) < 4.78 is 14.4. The summed E-state index contributed by atoms with van der Waals surface area (Å²) in [5.41, 5.74) is -0.164. The third-order valence-corrected chi connectivity index (χ3v) is 3.57. The number of rotatable bonds is 6. The lowest BCUT2D eigenvalue weighted by Crippen LogP contribution is -2.47. The molecule has 5 heteroatoms. The lowest BCUT2D eigenvalue weighted by molar-refractivity contribution is -0.120. The Morgan fingerprint density at radius 3 is 2.84 bits per heavy atom. The number of carbonyl (C=O) groups excluding carboxylic acids is 1. The van der Waals surface area contributed by atoms with E-state index in [1.165, 1.54) is 0 Å². The lowest BCUT2D eigenvalue weighted by atomic mass is 9.93. The molecule has 0 spiro atoms. The van der Waals surface area contributed by atoms with Crippen molar-refractivity contribution in [2.75, 3.05) is 26.2 Å². The van der Waals surface area contributed by atoms with Crippen LogP contribution in [0.3, 0.4) is 0 Å². The Morgan fingerprint density at radius 2 is 2.21 bits per heavy atom. The van der Waals surface area contributed by atoms with E-state index in [1.54, 1.807) is 11.1 Å². The molecule has 0 bridgehead atoms. The van der Waals surface area contributed by atoms with Crippen LogP contribution in [0.2, 0.25) is 0 Å². The predicted octanol–water partition coefficient (Wildman–Crippen LogP) is 1.17. The van der Waals surface area contributed by atoms with Gasteiger partial charge >= 0.3 is 0 Å². The first-order chi connectivity index (χ1) is 9.22. The SMILES string of the molecule is O=CN1CCC(F)(CNCCc2ccccn2)CC1. The first-order valence-electron chi connectivity index (χ1n) is 6.71. The van der Waals surface area contributed by atoms with Gasteiger partial charge in [-0.05, 0) is 12.1 Å². The minimum absolute atomic E-state index is 0.354. The number of aromatic nitrogens is 1. The summed E-state index contributed by atoms with van der Waals surface area (Å²) in [5.74, 6) is 0. The lowest BCUT2D eigenvalue weighted by Gasteiger charge is -2.34. The topological polar surface area (TPSA) is 45.2 Å². The number of nitrogens with zero attached hydrogens (tertiary/aromatic N) is 2. The van der Waals surface area contributed by atoms with Crippen molar-refractivity contribution >= 4 is 6.41 Å². The summed E-state index contributed by atoms with van der Waals surface area (Å²) >= 11 is 0. The maximum Gasteiger partial charge on any atom is 0.209 e. The molecule has 0 atom stereocenters. The number of hydrogen-bond acceptors (Lipinski definition) is 3. The van der Waals surface area contributed by atoms with E-state index in [9.17, 15) is 9.18 Å². The fraction of sp³-hybridized carbons (Fsp3) is 0.571. The quantitative estimate of drug-likeness (QED) is 0.620. The molecular weight excluding hydrogens is 245 g/mol. The van der Waals surface area contributed by atoms with Crippen molar-refractivity contribution in [1.82, 2.24) is 15.2 Å². The van der Waals surface area contributed by atoms with E-state index >= 15 is 0 Å². The second kappa shape index (κ2) is 6.61. The molecule has 1 fully saturated rings. The van der Waals surface area contributed by atoms with Gasteiger partial charge in [-0.15, -0.1) is 0 Å². The van der Waals surface area contributed by atoms with Crippen LogP contribution in [0, 0.1) is 0 Å². The first-order valence-corrected chi connectivity index (χ1v) is 6.71. The van der Waals surface area contributed by atoms with Crippen LogP contribution < -0.4 is 5.32 Å². The van der Waals surface area contributed by atoms with E-state index in [0.29, 0.717) is 32.5 Å². The predicted molar refractivity (Wildman–Crippen MR) is 71.5 cm³/mol. The van der Waals surface area contributed by atoms with Crippen LogP contribution in [0.15, 0.2) is 24.4 Å². The second-order valence-corrected chi connectivity index (χ2v) is 5.04. The molecule has 0 saturated carbocycles. The van der Waals surface area contributed by atoms with Gasteiger partial charge in [-0.2, -0.15) is 0 Å². The molecule has 0 radical (unpaired) electrons. The molecule has 1 aliphatic heterocycles. The molecule has 2 heterocycles. The summed E-state index contributed by atoms with van der Waals surface area (Å²) in [6.45, 7) is 2.11. The number of amides is 1. The van der Waals surface area contributed by atoms with E-state index < -0.39 is 5.67 Å². The molecule has 1 saturated heterocycles. The highest BCUT2D eigenvalue weighted by Gasteiger charge is 2.33. The van der Waals surface area contributed by atoms with Gasteiger partial charge in [0.05, 0.1) is 0 Å². The van der Waals surface area contributed by atoms with E-state index in [4.69, 9.17) is 0 Å². The van der Waals surface area contributed by atoms with Gasteiger partial charge in [-0.25, -0.2) is 4.39 Å². The van der Waals surface area contributed by atoms with Crippen molar-refractivity contribution in [1.29, 1.82) is 0 Å². The molecule has 1 N–H and O–H groups in total. The van der Waals surface area contributed by atoms with Crippen LogP contribution in [-0.2, 0) is 11.2 Å². The van der Waals surface area contributed by atoms with Crippen LogP contribution >= 0.6 is 0 Å². The fourth-order valence-corrected chi connectivity index (χ4v) is 2.28. The van der Waals surface area contributed by atoms with Gasteiger partial charge in [0.1, 0.15) is 5.67 Å². The molecular formula is C14H20FN3O. The highest BCUT2D eigenvalue weighted by molar-refractivity contribution is 5.47. The van der Waals surface area contributed by atoms with Crippen molar-refractivity contribution < 1.29 is 9.18 Å². The highest BCUT2D eigenvalue weighted by Crippen LogP contribution is 2.25. The van der Waals surface area contributed by atoms with Crippen molar-refractivity contribution in [3.63, 3.8) is 0 Å². The van der Waals surface area contributed by atoms with Gasteiger partial charge in [-0.1, -0.05) is 6.07 Å². The minimum atomic E-state index is -1.18. The molecule has 1 aromatic heterocycles. The van der Waals surface area contributed by atoms with Gasteiger partial charge in [-0.3, -0.25) is 9.78 Å². The smallest absolute Gasteiger partial charge is 0.209 e. The average Bonchev–Trinajstić information content (AvgIpc) is 2.46. The summed E-state index contributed by atoms with van der Waals surface area (Å²) in [5, 5.41) is 3.16. The van der Waals surface area contributed by atoms with E-state index in [1.807, 2.05) is 18.2 Å². The van der Waals surface area contributed by atoms with Crippen molar-refractivity contribution in [3.05, 3.63) is 30.1 Å². The number of piperidine rings is 1. The number of nitrogens with one attached hydrogen (secondary N) is 1. The zero-order chi connectivity index (χ0) is 13.6. The molecule has 4 nitrogen and oxygen atoms in total. The highest BCUT2D eigenvalue weighted by atomic mass is 19.1. The molecule has 1 amide bonds. The van der Waals surface area contributed by atoms with Gasteiger partial charge in [0.2, 0.25) is 6.41 Å². The summed E-state index contributed by atoms with van der Waals surface area (Å²) in [4.78, 5) is 16.4. The van der Waals surface area contributed by atoms with Crippen molar-refractivity contribution in [2.45, 2.75) is 24.9 Å². The van der Waals surface area contributed by atoms with Crippen LogP contribution in [0.25, 0.3) is 0 Å². The maximum absolute atomic E-state index is 14.4. The number of hydrogen-bond donors (Lipinski definition) is 1. The van der Waals surface area contributed by atoms with Gasteiger partial charge < -0.3 is 10.2 Å². The zero-order valence-corrected chi connectivity index (χ0v) is 11.0. The number of carbonyl (C=O) groups is 1. The van der Waals surface area contributed by atoms with Crippen LogP contribution in [0.4, 0.5) is 4.39 Å². The molecule has 0 aromatic carbocycles. The van der Waals surface area contributed by atoms with Gasteiger partial charge in [0.25, 0.3) is 0 Å². The molecule has 1 aliphatic rings. The van der Waals surface area contributed by atoms with E-state index in [0.717, 1.165) is 25.1 Å². The number of alkyl halides is 1. The Kier molecular flexibility index (Phi) is 4.85. The van der Waals surface area contributed by atoms with E-state index in [2.05, 4.69) is 10.3 Å². The molecule has 104 valence electrons. The van der Waals surface area contributed by atoms with Crippen LogP contribution in [0.1, 0.15) is 18.5 Å². The Labute approximate surface area is 113 Å². The molecule has 1 aromatic rings. The maximum atomic E-state index is 14.4.